The normalized spacial score (nSPS) is 21.3. The van der Waals surface area contributed by atoms with E-state index in [1.807, 2.05) is 0 Å². The molecule has 1 aromatic carbocycles. The zero-order valence-electron chi connectivity index (χ0n) is 13.9. The van der Waals surface area contributed by atoms with Crippen molar-refractivity contribution >= 4 is 0 Å². The summed E-state index contributed by atoms with van der Waals surface area (Å²) in [6.45, 7) is 11.8. The van der Waals surface area contributed by atoms with Crippen LogP contribution in [0.3, 0.4) is 0 Å². The molecule has 1 heterocycles. The van der Waals surface area contributed by atoms with Crippen LogP contribution in [0.2, 0.25) is 0 Å². The highest BCUT2D eigenvalue weighted by Crippen LogP contribution is 2.23. The zero-order chi connectivity index (χ0) is 15.4. The predicted molar refractivity (Wildman–Crippen MR) is 87.0 cm³/mol. The van der Waals surface area contributed by atoms with Gasteiger partial charge in [0.15, 0.2) is 0 Å². The smallest absolute Gasteiger partial charge is 0.122 e. The molecule has 1 aliphatic heterocycles. The van der Waals surface area contributed by atoms with Gasteiger partial charge in [-0.25, -0.2) is 0 Å². The monoisotopic (exact) mass is 291 g/mol. The van der Waals surface area contributed by atoms with E-state index in [1.54, 1.807) is 0 Å². The Morgan fingerprint density at radius 3 is 2.81 bits per heavy atom. The lowest BCUT2D eigenvalue weighted by atomic mass is 10.00. The molecule has 0 aromatic heterocycles. The van der Waals surface area contributed by atoms with Crippen molar-refractivity contribution in [2.24, 2.45) is 5.92 Å². The Morgan fingerprint density at radius 1 is 1.33 bits per heavy atom. The van der Waals surface area contributed by atoms with Gasteiger partial charge in [0.1, 0.15) is 18.5 Å². The number of benzene rings is 1. The third-order valence-corrected chi connectivity index (χ3v) is 4.41. The lowest BCUT2D eigenvalue weighted by Gasteiger charge is -2.32. The van der Waals surface area contributed by atoms with Crippen molar-refractivity contribution in [1.29, 1.82) is 0 Å². The molecule has 0 saturated carbocycles. The molecule has 1 fully saturated rings. The van der Waals surface area contributed by atoms with Gasteiger partial charge in [0.25, 0.3) is 0 Å². The van der Waals surface area contributed by atoms with Crippen molar-refractivity contribution in [3.05, 3.63) is 28.8 Å². The highest BCUT2D eigenvalue weighted by Gasteiger charge is 2.19. The van der Waals surface area contributed by atoms with Crippen LogP contribution in [0.25, 0.3) is 0 Å². The van der Waals surface area contributed by atoms with E-state index in [0.29, 0.717) is 13.2 Å². The van der Waals surface area contributed by atoms with Gasteiger partial charge in [-0.3, -0.25) is 0 Å². The fourth-order valence-corrected chi connectivity index (χ4v) is 3.14. The second-order valence-corrected chi connectivity index (χ2v) is 6.68. The summed E-state index contributed by atoms with van der Waals surface area (Å²) in [5.74, 6) is 1.65. The first-order chi connectivity index (χ1) is 9.95. The van der Waals surface area contributed by atoms with Gasteiger partial charge in [-0.2, -0.15) is 0 Å². The van der Waals surface area contributed by atoms with E-state index in [4.69, 9.17) is 4.74 Å². The Hall–Kier alpha value is -1.06. The fraction of sp³-hybridized carbons (Fsp3) is 0.667. The van der Waals surface area contributed by atoms with Crippen molar-refractivity contribution < 1.29 is 9.84 Å². The lowest BCUT2D eigenvalue weighted by Crippen LogP contribution is -2.41. The Labute approximate surface area is 128 Å². The number of rotatable bonds is 5. The molecule has 0 spiro atoms. The third-order valence-electron chi connectivity index (χ3n) is 4.41. The number of hydrogen-bond donors (Lipinski definition) is 1. The minimum absolute atomic E-state index is 0.370. The van der Waals surface area contributed by atoms with Gasteiger partial charge in [-0.05, 0) is 68.8 Å². The lowest BCUT2D eigenvalue weighted by molar-refractivity contribution is 0.0535. The zero-order valence-corrected chi connectivity index (χ0v) is 13.9. The van der Waals surface area contributed by atoms with Gasteiger partial charge >= 0.3 is 0 Å². The Kier molecular flexibility index (Phi) is 5.65. The summed E-state index contributed by atoms with van der Waals surface area (Å²) in [5, 5.41) is 10.2. The van der Waals surface area contributed by atoms with Crippen LogP contribution in [-0.4, -0.2) is 42.4 Å². The van der Waals surface area contributed by atoms with Gasteiger partial charge in [0, 0.05) is 13.1 Å². The molecule has 0 radical (unpaired) electrons. The van der Waals surface area contributed by atoms with Crippen LogP contribution < -0.4 is 4.74 Å². The van der Waals surface area contributed by atoms with Gasteiger partial charge in [0.2, 0.25) is 0 Å². The van der Waals surface area contributed by atoms with E-state index in [1.165, 1.54) is 29.5 Å². The van der Waals surface area contributed by atoms with Gasteiger partial charge in [-0.15, -0.1) is 0 Å². The molecule has 21 heavy (non-hydrogen) atoms. The molecule has 1 N–H and O–H groups in total. The molecule has 0 unspecified atom stereocenters. The van der Waals surface area contributed by atoms with Crippen LogP contribution in [0, 0.1) is 26.7 Å². The number of likely N-dealkylation sites (tertiary alicyclic amines) is 1. The molecule has 118 valence electrons. The first-order valence-corrected chi connectivity index (χ1v) is 8.06. The summed E-state index contributed by atoms with van der Waals surface area (Å²) in [5.41, 5.74) is 3.61. The number of ether oxygens (including phenoxy) is 1. The Balaban J connectivity index is 1.85. The summed E-state index contributed by atoms with van der Waals surface area (Å²) in [4.78, 5) is 2.36. The number of aliphatic hydroxyl groups is 1. The SMILES string of the molecule is Cc1cc(C)c(C)c(OC[C@H](O)CN2CCC[C@@H](C)C2)c1. The average Bonchev–Trinajstić information content (AvgIpc) is 2.41. The first kappa shape index (κ1) is 16.3. The van der Waals surface area contributed by atoms with Gasteiger partial charge < -0.3 is 14.7 Å². The predicted octanol–water partition coefficient (Wildman–Crippen LogP) is 3.08. The molecular formula is C18H29NO2. The molecule has 3 nitrogen and oxygen atoms in total. The number of nitrogens with zero attached hydrogens (tertiary/aromatic N) is 1. The maximum absolute atomic E-state index is 10.2. The van der Waals surface area contributed by atoms with Crippen molar-refractivity contribution in [1.82, 2.24) is 4.90 Å². The molecule has 1 saturated heterocycles. The van der Waals surface area contributed by atoms with Crippen LogP contribution in [-0.2, 0) is 0 Å². The van der Waals surface area contributed by atoms with E-state index in [9.17, 15) is 5.11 Å². The highest BCUT2D eigenvalue weighted by atomic mass is 16.5. The average molecular weight is 291 g/mol. The summed E-state index contributed by atoms with van der Waals surface area (Å²) < 4.78 is 5.85. The van der Waals surface area contributed by atoms with Gasteiger partial charge in [-0.1, -0.05) is 13.0 Å². The van der Waals surface area contributed by atoms with E-state index < -0.39 is 6.10 Å². The van der Waals surface area contributed by atoms with Crippen molar-refractivity contribution in [3.63, 3.8) is 0 Å². The molecule has 3 heteroatoms. The summed E-state index contributed by atoms with van der Waals surface area (Å²) >= 11 is 0. The molecule has 0 amide bonds. The minimum atomic E-state index is -0.421. The minimum Gasteiger partial charge on any atom is -0.491 e. The van der Waals surface area contributed by atoms with E-state index in [0.717, 1.165) is 24.8 Å². The van der Waals surface area contributed by atoms with Crippen LogP contribution in [0.1, 0.15) is 36.5 Å². The maximum atomic E-state index is 10.2. The van der Waals surface area contributed by atoms with Crippen molar-refractivity contribution in [2.75, 3.05) is 26.2 Å². The van der Waals surface area contributed by atoms with Gasteiger partial charge in [0.05, 0.1) is 0 Å². The van der Waals surface area contributed by atoms with E-state index in [2.05, 4.69) is 44.7 Å². The molecule has 0 aliphatic carbocycles. The number of aryl methyl sites for hydroxylation is 2. The Bertz CT molecular complexity index is 473. The molecular weight excluding hydrogens is 262 g/mol. The third kappa shape index (κ3) is 4.72. The molecule has 1 aliphatic rings. The van der Waals surface area contributed by atoms with E-state index in [-0.39, 0.29) is 0 Å². The summed E-state index contributed by atoms with van der Waals surface area (Å²) in [6, 6.07) is 4.21. The summed E-state index contributed by atoms with van der Waals surface area (Å²) in [6.07, 6.45) is 2.13. The topological polar surface area (TPSA) is 32.7 Å². The maximum Gasteiger partial charge on any atom is 0.122 e. The number of piperidine rings is 1. The van der Waals surface area contributed by atoms with E-state index >= 15 is 0 Å². The summed E-state index contributed by atoms with van der Waals surface area (Å²) in [7, 11) is 0. The van der Waals surface area contributed by atoms with Crippen LogP contribution in [0.5, 0.6) is 5.75 Å². The molecule has 2 atom stereocenters. The molecule has 2 rings (SSSR count). The quantitative estimate of drug-likeness (QED) is 0.905. The number of β-amino-alcohol motifs (C(OH)–C–C–N with tert-alkyl or cyclic N) is 1. The van der Waals surface area contributed by atoms with Crippen LogP contribution in [0.4, 0.5) is 0 Å². The number of hydrogen-bond acceptors (Lipinski definition) is 3. The number of aliphatic hydroxyl groups excluding tert-OH is 1. The van der Waals surface area contributed by atoms with Crippen molar-refractivity contribution in [3.8, 4) is 5.75 Å². The fourth-order valence-electron chi connectivity index (χ4n) is 3.14. The largest absolute Gasteiger partial charge is 0.491 e. The molecule has 1 aromatic rings. The molecule has 0 bridgehead atoms. The second kappa shape index (κ2) is 7.28. The second-order valence-electron chi connectivity index (χ2n) is 6.68. The Morgan fingerprint density at radius 2 is 2.10 bits per heavy atom. The van der Waals surface area contributed by atoms with Crippen LogP contribution in [0.15, 0.2) is 12.1 Å². The first-order valence-electron chi connectivity index (χ1n) is 8.06. The van der Waals surface area contributed by atoms with Crippen molar-refractivity contribution in [2.45, 2.75) is 46.6 Å². The highest BCUT2D eigenvalue weighted by molar-refractivity contribution is 5.41. The standard InChI is InChI=1S/C18H29NO2/c1-13-6-5-7-19(10-13)11-17(20)12-21-18-9-14(2)8-15(3)16(18)4/h8-9,13,17,20H,5-7,10-12H2,1-4H3/t13-,17-/m1/s1. The van der Waals surface area contributed by atoms with Crippen LogP contribution >= 0.6 is 0 Å².